The normalized spacial score (nSPS) is 10.4. The molecule has 1 heterocycles. The Morgan fingerprint density at radius 1 is 1.53 bits per heavy atom. The third-order valence-corrected chi connectivity index (χ3v) is 2.70. The molecule has 7 heteroatoms. The van der Waals surface area contributed by atoms with Crippen molar-refractivity contribution in [2.75, 3.05) is 11.9 Å². The molecule has 0 bridgehead atoms. The molecule has 0 radical (unpaired) electrons. The summed E-state index contributed by atoms with van der Waals surface area (Å²) >= 11 is 0. The molecule has 0 amide bonds. The van der Waals surface area contributed by atoms with E-state index < -0.39 is 11.8 Å². The molecule has 0 aliphatic heterocycles. The minimum atomic E-state index is -1.29. The lowest BCUT2D eigenvalue weighted by atomic mass is 10.1. The summed E-state index contributed by atoms with van der Waals surface area (Å²) in [5.74, 6) is -1.28. The van der Waals surface area contributed by atoms with E-state index in [0.717, 1.165) is 11.9 Å². The summed E-state index contributed by atoms with van der Waals surface area (Å²) < 4.78 is 15.2. The van der Waals surface area contributed by atoms with Gasteiger partial charge >= 0.3 is 5.97 Å². The predicted octanol–water partition coefficient (Wildman–Crippen LogP) is 1.31. The third-order valence-electron chi connectivity index (χ3n) is 2.70. The number of carbonyl (C=O) groups is 1. The molecule has 19 heavy (non-hydrogen) atoms. The van der Waals surface area contributed by atoms with E-state index in [-0.39, 0.29) is 11.3 Å². The van der Waals surface area contributed by atoms with Gasteiger partial charge in [-0.1, -0.05) is 6.07 Å². The Kier molecular flexibility index (Phi) is 3.74. The van der Waals surface area contributed by atoms with Crippen molar-refractivity contribution in [1.29, 1.82) is 0 Å². The number of benzene rings is 1. The lowest BCUT2D eigenvalue weighted by Gasteiger charge is -2.09. The second-order valence-electron chi connectivity index (χ2n) is 4.00. The summed E-state index contributed by atoms with van der Waals surface area (Å²) in [6, 6.07) is 4.12. The van der Waals surface area contributed by atoms with Crippen LogP contribution in [0.25, 0.3) is 0 Å². The summed E-state index contributed by atoms with van der Waals surface area (Å²) in [5, 5.41) is 19.5. The first-order valence-corrected chi connectivity index (χ1v) is 5.68. The SMILES string of the molecule is Cn1cnnc1CCNc1cccc(F)c1C(=O)O. The Hall–Kier alpha value is -2.44. The number of nitrogens with zero attached hydrogens (tertiary/aromatic N) is 3. The van der Waals surface area contributed by atoms with Crippen LogP contribution in [-0.2, 0) is 13.5 Å². The van der Waals surface area contributed by atoms with Crippen LogP contribution < -0.4 is 5.32 Å². The van der Waals surface area contributed by atoms with Gasteiger partial charge in [-0.25, -0.2) is 9.18 Å². The lowest BCUT2D eigenvalue weighted by Crippen LogP contribution is -2.12. The molecule has 0 fully saturated rings. The number of aromatic nitrogens is 3. The van der Waals surface area contributed by atoms with E-state index in [1.54, 1.807) is 10.9 Å². The quantitative estimate of drug-likeness (QED) is 0.851. The van der Waals surface area contributed by atoms with Gasteiger partial charge in [0.1, 0.15) is 23.5 Å². The zero-order valence-corrected chi connectivity index (χ0v) is 10.3. The maximum atomic E-state index is 13.4. The molecule has 2 aromatic rings. The highest BCUT2D eigenvalue weighted by Crippen LogP contribution is 2.18. The number of aromatic carboxylic acids is 1. The topological polar surface area (TPSA) is 80.0 Å². The van der Waals surface area contributed by atoms with Crippen molar-refractivity contribution in [2.24, 2.45) is 7.05 Å². The van der Waals surface area contributed by atoms with Crippen LogP contribution in [0.1, 0.15) is 16.2 Å². The van der Waals surface area contributed by atoms with Gasteiger partial charge < -0.3 is 15.0 Å². The number of hydrogen-bond donors (Lipinski definition) is 2. The first kappa shape index (κ1) is 13.0. The summed E-state index contributed by atoms with van der Waals surface area (Å²) in [5.41, 5.74) is -0.0878. The van der Waals surface area contributed by atoms with Gasteiger partial charge in [0.25, 0.3) is 0 Å². The molecule has 100 valence electrons. The maximum absolute atomic E-state index is 13.4. The first-order valence-electron chi connectivity index (χ1n) is 5.68. The number of nitrogens with one attached hydrogen (secondary N) is 1. The van der Waals surface area contributed by atoms with Crippen LogP contribution in [0.4, 0.5) is 10.1 Å². The molecule has 2 rings (SSSR count). The largest absolute Gasteiger partial charge is 0.478 e. The van der Waals surface area contributed by atoms with Gasteiger partial charge in [0.2, 0.25) is 0 Å². The number of halogens is 1. The number of rotatable bonds is 5. The molecule has 0 spiro atoms. The molecule has 0 saturated carbocycles. The smallest absolute Gasteiger partial charge is 0.340 e. The number of anilines is 1. The van der Waals surface area contributed by atoms with E-state index >= 15 is 0 Å². The summed E-state index contributed by atoms with van der Waals surface area (Å²) in [7, 11) is 1.82. The molecule has 1 aromatic heterocycles. The molecule has 0 unspecified atom stereocenters. The van der Waals surface area contributed by atoms with Crippen molar-refractivity contribution in [3.05, 3.63) is 41.7 Å². The molecule has 0 aliphatic carbocycles. The Bertz CT molecular complexity index is 597. The summed E-state index contributed by atoms with van der Waals surface area (Å²) in [4.78, 5) is 11.0. The number of aryl methyl sites for hydroxylation is 1. The van der Waals surface area contributed by atoms with Gasteiger partial charge in [0.05, 0.1) is 5.69 Å². The highest BCUT2D eigenvalue weighted by molar-refractivity contribution is 5.94. The zero-order valence-electron chi connectivity index (χ0n) is 10.3. The highest BCUT2D eigenvalue weighted by Gasteiger charge is 2.15. The Balaban J connectivity index is 2.06. The van der Waals surface area contributed by atoms with Crippen molar-refractivity contribution in [1.82, 2.24) is 14.8 Å². The van der Waals surface area contributed by atoms with Gasteiger partial charge in [-0.2, -0.15) is 0 Å². The van der Waals surface area contributed by atoms with E-state index in [1.165, 1.54) is 12.1 Å². The average molecular weight is 264 g/mol. The zero-order chi connectivity index (χ0) is 13.8. The summed E-state index contributed by atoms with van der Waals surface area (Å²) in [6.45, 7) is 0.441. The second-order valence-corrected chi connectivity index (χ2v) is 4.00. The fourth-order valence-corrected chi connectivity index (χ4v) is 1.73. The van der Waals surface area contributed by atoms with Crippen molar-refractivity contribution < 1.29 is 14.3 Å². The van der Waals surface area contributed by atoms with Gasteiger partial charge in [-0.05, 0) is 12.1 Å². The molecule has 2 N–H and O–H groups in total. The van der Waals surface area contributed by atoms with Crippen LogP contribution >= 0.6 is 0 Å². The lowest BCUT2D eigenvalue weighted by molar-refractivity contribution is 0.0693. The van der Waals surface area contributed by atoms with Crippen LogP contribution in [0.5, 0.6) is 0 Å². The molecule has 0 aliphatic rings. The minimum absolute atomic E-state index is 0.259. The van der Waals surface area contributed by atoms with Crippen LogP contribution in [0.15, 0.2) is 24.5 Å². The average Bonchev–Trinajstić information content (AvgIpc) is 2.75. The van der Waals surface area contributed by atoms with E-state index in [2.05, 4.69) is 15.5 Å². The maximum Gasteiger partial charge on any atom is 0.340 e. The number of carboxylic acid groups (broad SMARTS) is 1. The predicted molar refractivity (Wildman–Crippen MR) is 66.6 cm³/mol. The number of carboxylic acids is 1. The number of hydrogen-bond acceptors (Lipinski definition) is 4. The van der Waals surface area contributed by atoms with Crippen LogP contribution in [0.2, 0.25) is 0 Å². The van der Waals surface area contributed by atoms with Crippen molar-refractivity contribution in [3.63, 3.8) is 0 Å². The fraction of sp³-hybridized carbons (Fsp3) is 0.250. The van der Waals surface area contributed by atoms with Crippen LogP contribution in [0, 0.1) is 5.82 Å². The van der Waals surface area contributed by atoms with Gasteiger partial charge in [-0.3, -0.25) is 0 Å². The monoisotopic (exact) mass is 264 g/mol. The minimum Gasteiger partial charge on any atom is -0.478 e. The highest BCUT2D eigenvalue weighted by atomic mass is 19.1. The van der Waals surface area contributed by atoms with Gasteiger partial charge in [0.15, 0.2) is 0 Å². The Morgan fingerprint density at radius 3 is 2.95 bits per heavy atom. The van der Waals surface area contributed by atoms with Crippen molar-refractivity contribution >= 4 is 11.7 Å². The van der Waals surface area contributed by atoms with Gasteiger partial charge in [-0.15, -0.1) is 10.2 Å². The molecule has 6 nitrogen and oxygen atoms in total. The van der Waals surface area contributed by atoms with E-state index in [0.29, 0.717) is 13.0 Å². The van der Waals surface area contributed by atoms with E-state index in [1.807, 2.05) is 7.05 Å². The van der Waals surface area contributed by atoms with E-state index in [9.17, 15) is 9.18 Å². The van der Waals surface area contributed by atoms with Gasteiger partial charge in [0, 0.05) is 20.0 Å². The molecular weight excluding hydrogens is 251 g/mol. The first-order chi connectivity index (χ1) is 9.09. The Morgan fingerprint density at radius 2 is 2.32 bits per heavy atom. The molecule has 0 atom stereocenters. The molecular formula is C12H13FN4O2. The third kappa shape index (κ3) is 2.87. The summed E-state index contributed by atoms with van der Waals surface area (Å²) in [6.07, 6.45) is 2.15. The van der Waals surface area contributed by atoms with Crippen molar-refractivity contribution in [3.8, 4) is 0 Å². The van der Waals surface area contributed by atoms with Crippen molar-refractivity contribution in [2.45, 2.75) is 6.42 Å². The van der Waals surface area contributed by atoms with Crippen LogP contribution in [-0.4, -0.2) is 32.4 Å². The standard InChI is InChI=1S/C12H13FN4O2/c1-17-7-15-16-10(17)5-6-14-9-4-2-3-8(13)11(9)12(18)19/h2-4,7,14H,5-6H2,1H3,(H,18,19). The molecule has 1 aromatic carbocycles. The fourth-order valence-electron chi connectivity index (χ4n) is 1.73. The second kappa shape index (κ2) is 5.47. The Labute approximate surface area is 108 Å². The van der Waals surface area contributed by atoms with Crippen LogP contribution in [0.3, 0.4) is 0 Å². The molecule has 0 saturated heterocycles. The van der Waals surface area contributed by atoms with E-state index in [4.69, 9.17) is 5.11 Å².